The molecule has 1 saturated heterocycles. The highest BCUT2D eigenvalue weighted by Gasteiger charge is 2.43. The van der Waals surface area contributed by atoms with Gasteiger partial charge in [0.1, 0.15) is 17.3 Å². The molecule has 2 aromatic rings. The lowest BCUT2D eigenvalue weighted by Crippen LogP contribution is -2.44. The maximum Gasteiger partial charge on any atom is 0.249 e. The molecule has 0 bridgehead atoms. The largest absolute Gasteiger partial charge is 0.363 e. The SMILES string of the molecule is CC(C)n1cc(S(=O)(=O)N2COCC2(C)C)c(-c2ccccc2)n1. The lowest BCUT2D eigenvalue weighted by molar-refractivity contribution is 0.171. The Morgan fingerprint density at radius 2 is 1.88 bits per heavy atom. The molecule has 1 aliphatic rings. The zero-order valence-corrected chi connectivity index (χ0v) is 15.2. The summed E-state index contributed by atoms with van der Waals surface area (Å²) in [5, 5.41) is 4.54. The van der Waals surface area contributed by atoms with Crippen LogP contribution in [0.25, 0.3) is 11.3 Å². The van der Waals surface area contributed by atoms with E-state index in [0.29, 0.717) is 12.3 Å². The number of nitrogens with zero attached hydrogens (tertiary/aromatic N) is 3. The molecule has 1 aliphatic heterocycles. The quantitative estimate of drug-likeness (QED) is 0.851. The van der Waals surface area contributed by atoms with E-state index in [1.165, 1.54) is 4.31 Å². The topological polar surface area (TPSA) is 64.4 Å². The second-order valence-corrected chi connectivity index (χ2v) is 8.76. The van der Waals surface area contributed by atoms with Crippen molar-refractivity contribution in [2.75, 3.05) is 13.3 Å². The Morgan fingerprint density at radius 3 is 2.42 bits per heavy atom. The Labute approximate surface area is 143 Å². The van der Waals surface area contributed by atoms with Gasteiger partial charge in [-0.05, 0) is 27.7 Å². The molecule has 2 heterocycles. The molecule has 3 rings (SSSR count). The van der Waals surface area contributed by atoms with Crippen molar-refractivity contribution >= 4 is 10.0 Å². The highest BCUT2D eigenvalue weighted by Crippen LogP contribution is 2.34. The average Bonchev–Trinajstić information content (AvgIpc) is 3.12. The maximum atomic E-state index is 13.3. The van der Waals surface area contributed by atoms with Gasteiger partial charge in [-0.1, -0.05) is 30.3 Å². The van der Waals surface area contributed by atoms with Gasteiger partial charge in [-0.15, -0.1) is 0 Å². The molecule has 0 N–H and O–H groups in total. The molecule has 0 spiro atoms. The molecule has 1 aromatic carbocycles. The number of hydrogen-bond acceptors (Lipinski definition) is 4. The summed E-state index contributed by atoms with van der Waals surface area (Å²) in [6, 6.07) is 9.47. The van der Waals surface area contributed by atoms with Gasteiger partial charge < -0.3 is 4.74 Å². The number of sulfonamides is 1. The van der Waals surface area contributed by atoms with E-state index < -0.39 is 15.6 Å². The normalized spacial score (nSPS) is 18.4. The number of hydrogen-bond donors (Lipinski definition) is 0. The first-order valence-electron chi connectivity index (χ1n) is 7.98. The van der Waals surface area contributed by atoms with Crippen LogP contribution in [0.2, 0.25) is 0 Å². The standard InChI is InChI=1S/C17H23N3O3S/c1-13(2)19-10-15(16(18-19)14-8-6-5-7-9-14)24(21,22)20-12-23-11-17(20,3)4/h5-10,13H,11-12H2,1-4H3. The van der Waals surface area contributed by atoms with Crippen LogP contribution in [-0.2, 0) is 14.8 Å². The Hall–Kier alpha value is -1.70. The van der Waals surface area contributed by atoms with Crippen molar-refractivity contribution in [3.63, 3.8) is 0 Å². The van der Waals surface area contributed by atoms with Gasteiger partial charge in [-0.3, -0.25) is 4.68 Å². The predicted molar refractivity (Wildman–Crippen MR) is 92.0 cm³/mol. The Balaban J connectivity index is 2.16. The third-order valence-corrected chi connectivity index (χ3v) is 6.22. The van der Waals surface area contributed by atoms with Crippen LogP contribution in [0.15, 0.2) is 41.4 Å². The monoisotopic (exact) mass is 349 g/mol. The smallest absolute Gasteiger partial charge is 0.249 e. The van der Waals surface area contributed by atoms with Crippen molar-refractivity contribution in [1.82, 2.24) is 14.1 Å². The molecular weight excluding hydrogens is 326 g/mol. The van der Waals surface area contributed by atoms with Crippen LogP contribution >= 0.6 is 0 Å². The summed E-state index contributed by atoms with van der Waals surface area (Å²) >= 11 is 0. The van der Waals surface area contributed by atoms with Crippen molar-refractivity contribution in [1.29, 1.82) is 0 Å². The number of ether oxygens (including phenoxy) is 1. The Bertz CT molecular complexity index is 826. The fourth-order valence-electron chi connectivity index (χ4n) is 2.76. The highest BCUT2D eigenvalue weighted by molar-refractivity contribution is 7.89. The summed E-state index contributed by atoms with van der Waals surface area (Å²) < 4.78 is 35.0. The average molecular weight is 349 g/mol. The molecule has 0 radical (unpaired) electrons. The van der Waals surface area contributed by atoms with Gasteiger partial charge >= 0.3 is 0 Å². The zero-order valence-electron chi connectivity index (χ0n) is 14.4. The molecule has 6 nitrogen and oxygen atoms in total. The second-order valence-electron chi connectivity index (χ2n) is 6.93. The summed E-state index contributed by atoms with van der Waals surface area (Å²) in [7, 11) is -3.71. The third kappa shape index (κ3) is 2.87. The molecular formula is C17H23N3O3S. The van der Waals surface area contributed by atoms with Gasteiger partial charge in [0.15, 0.2) is 0 Å². The molecule has 0 unspecified atom stereocenters. The summed E-state index contributed by atoms with van der Waals surface area (Å²) in [6.45, 7) is 8.13. The fraction of sp³-hybridized carbons (Fsp3) is 0.471. The molecule has 1 fully saturated rings. The molecule has 1 aromatic heterocycles. The van der Waals surface area contributed by atoms with Gasteiger partial charge in [-0.2, -0.15) is 9.40 Å². The van der Waals surface area contributed by atoms with Gasteiger partial charge in [-0.25, -0.2) is 8.42 Å². The van der Waals surface area contributed by atoms with E-state index in [1.54, 1.807) is 10.9 Å². The van der Waals surface area contributed by atoms with Crippen LogP contribution < -0.4 is 0 Å². The van der Waals surface area contributed by atoms with Crippen molar-refractivity contribution in [3.05, 3.63) is 36.5 Å². The summed E-state index contributed by atoms with van der Waals surface area (Å²) in [6.07, 6.45) is 1.62. The van der Waals surface area contributed by atoms with Crippen LogP contribution in [-0.4, -0.2) is 41.4 Å². The fourth-order valence-corrected chi connectivity index (χ4v) is 4.56. The van der Waals surface area contributed by atoms with E-state index in [-0.39, 0.29) is 17.7 Å². The van der Waals surface area contributed by atoms with Crippen LogP contribution in [0.1, 0.15) is 33.7 Å². The van der Waals surface area contributed by atoms with Crippen LogP contribution in [0, 0.1) is 0 Å². The Kier molecular flexibility index (Phi) is 4.27. The highest BCUT2D eigenvalue weighted by atomic mass is 32.2. The van der Waals surface area contributed by atoms with Crippen LogP contribution in [0.3, 0.4) is 0 Å². The lowest BCUT2D eigenvalue weighted by Gasteiger charge is -2.27. The Morgan fingerprint density at radius 1 is 1.21 bits per heavy atom. The minimum absolute atomic E-state index is 0.0659. The molecule has 130 valence electrons. The number of aromatic nitrogens is 2. The minimum atomic E-state index is -3.71. The van der Waals surface area contributed by atoms with Gasteiger partial charge in [0.2, 0.25) is 10.0 Å². The molecule has 0 saturated carbocycles. The number of rotatable bonds is 4. The number of benzene rings is 1. The van der Waals surface area contributed by atoms with Gasteiger partial charge in [0, 0.05) is 17.8 Å². The van der Waals surface area contributed by atoms with Crippen molar-refractivity contribution in [2.45, 2.75) is 44.2 Å². The summed E-state index contributed by atoms with van der Waals surface area (Å²) in [5.41, 5.74) is 0.688. The van der Waals surface area contributed by atoms with Gasteiger partial charge in [0.25, 0.3) is 0 Å². The summed E-state index contributed by atoms with van der Waals surface area (Å²) in [4.78, 5) is 0.223. The van der Waals surface area contributed by atoms with Crippen LogP contribution in [0.5, 0.6) is 0 Å². The molecule has 24 heavy (non-hydrogen) atoms. The van der Waals surface area contributed by atoms with Crippen molar-refractivity contribution in [3.8, 4) is 11.3 Å². The molecule has 0 amide bonds. The first kappa shape index (κ1) is 17.1. The predicted octanol–water partition coefficient (Wildman–Crippen LogP) is 2.89. The minimum Gasteiger partial charge on any atom is -0.363 e. The summed E-state index contributed by atoms with van der Waals surface area (Å²) in [5.74, 6) is 0. The van der Waals surface area contributed by atoms with E-state index in [9.17, 15) is 8.42 Å². The van der Waals surface area contributed by atoms with E-state index >= 15 is 0 Å². The molecule has 7 heteroatoms. The first-order valence-corrected chi connectivity index (χ1v) is 9.42. The molecule has 0 aliphatic carbocycles. The molecule has 0 atom stereocenters. The van der Waals surface area contributed by atoms with E-state index in [1.807, 2.05) is 58.0 Å². The van der Waals surface area contributed by atoms with Crippen LogP contribution in [0.4, 0.5) is 0 Å². The van der Waals surface area contributed by atoms with Gasteiger partial charge in [0.05, 0.1) is 12.1 Å². The zero-order chi connectivity index (χ0) is 17.5. The van der Waals surface area contributed by atoms with Crippen molar-refractivity contribution < 1.29 is 13.2 Å². The van der Waals surface area contributed by atoms with E-state index in [4.69, 9.17) is 4.74 Å². The van der Waals surface area contributed by atoms with Crippen molar-refractivity contribution in [2.24, 2.45) is 0 Å². The lowest BCUT2D eigenvalue weighted by atomic mass is 10.1. The second kappa shape index (κ2) is 5.98. The van der Waals surface area contributed by atoms with E-state index in [0.717, 1.165) is 5.56 Å². The first-order chi connectivity index (χ1) is 11.2. The van der Waals surface area contributed by atoms with E-state index in [2.05, 4.69) is 5.10 Å². The third-order valence-electron chi connectivity index (χ3n) is 4.18. The maximum absolute atomic E-state index is 13.3.